The molecule has 0 saturated carbocycles. The average molecular weight is 490 g/mol. The van der Waals surface area contributed by atoms with Crippen LogP contribution in [-0.4, -0.2) is 43.5 Å². The summed E-state index contributed by atoms with van der Waals surface area (Å²) in [7, 11) is 1.06. The maximum atomic E-state index is 10.9. The molecule has 0 amide bonds. The molecule has 13 heteroatoms. The molecule has 162 valence electrons. The van der Waals surface area contributed by atoms with Crippen LogP contribution in [0.25, 0.3) is 0 Å². The molecule has 9 nitrogen and oxygen atoms in total. The van der Waals surface area contributed by atoms with E-state index in [0.717, 1.165) is 11.6 Å². The van der Waals surface area contributed by atoms with Crippen molar-refractivity contribution >= 4 is 51.7 Å². The highest BCUT2D eigenvalue weighted by molar-refractivity contribution is 8.13. The van der Waals surface area contributed by atoms with Gasteiger partial charge in [0.15, 0.2) is 0 Å². The van der Waals surface area contributed by atoms with Gasteiger partial charge in [-0.25, -0.2) is 18.0 Å². The van der Waals surface area contributed by atoms with Crippen molar-refractivity contribution in [2.24, 2.45) is 0 Å². The number of aromatic carboxylic acids is 2. The van der Waals surface area contributed by atoms with Gasteiger partial charge in [0.1, 0.15) is 0 Å². The van der Waals surface area contributed by atoms with Crippen molar-refractivity contribution in [3.8, 4) is 0 Å². The standard InChI is InChI=1S/C8H7ClO4S.C8H8O2.ClHO3S.H2/c1-5-2-3-6(14(9,12)13)4-7(5)8(10)11;1-6-4-2-3-5-7(6)8(9)10;1-5(2,3)4;/h2-4H,1H3,(H,10,11);2-5H,1H3,(H,9,10);(H,2,3,4);1H/i;;;1+1. The first kappa shape index (κ1) is 26.8. The molecule has 0 unspecified atom stereocenters. The summed E-state index contributed by atoms with van der Waals surface area (Å²) >= 11 is 0. The molecule has 0 heterocycles. The number of carboxylic acids is 2. The van der Waals surface area contributed by atoms with Crippen molar-refractivity contribution in [3.05, 3.63) is 64.7 Å². The van der Waals surface area contributed by atoms with E-state index in [4.69, 9.17) is 33.9 Å². The lowest BCUT2D eigenvalue weighted by molar-refractivity contribution is 0.0685. The summed E-state index contributed by atoms with van der Waals surface area (Å²) in [6, 6.07) is 10.6. The van der Waals surface area contributed by atoms with Gasteiger partial charge in [-0.3, -0.25) is 4.55 Å². The molecule has 0 spiro atoms. The highest BCUT2D eigenvalue weighted by Gasteiger charge is 2.14. The first-order chi connectivity index (χ1) is 13.0. The first-order valence-electron chi connectivity index (χ1n) is 7.28. The Labute approximate surface area is 177 Å². The summed E-state index contributed by atoms with van der Waals surface area (Å²) in [4.78, 5) is 20.9. The lowest BCUT2D eigenvalue weighted by atomic mass is 10.1. The van der Waals surface area contributed by atoms with Crippen LogP contribution in [0.15, 0.2) is 47.4 Å². The number of carbonyl (C=O) groups is 2. The van der Waals surface area contributed by atoms with E-state index in [1.54, 1.807) is 32.0 Å². The van der Waals surface area contributed by atoms with Gasteiger partial charge < -0.3 is 10.2 Å². The third-order valence-corrected chi connectivity index (χ3v) is 4.45. The summed E-state index contributed by atoms with van der Waals surface area (Å²) in [6.07, 6.45) is 0. The van der Waals surface area contributed by atoms with E-state index in [1.165, 1.54) is 12.1 Å². The van der Waals surface area contributed by atoms with E-state index in [9.17, 15) is 18.0 Å². The zero-order chi connectivity index (χ0) is 23.0. The van der Waals surface area contributed by atoms with Gasteiger partial charge in [-0.2, -0.15) is 8.42 Å². The summed E-state index contributed by atoms with van der Waals surface area (Å²) in [6.45, 7) is 3.36. The Morgan fingerprint density at radius 3 is 1.59 bits per heavy atom. The molecule has 0 saturated heterocycles. The smallest absolute Gasteiger partial charge is 0.353 e. The van der Waals surface area contributed by atoms with E-state index in [1.807, 2.05) is 6.07 Å². The lowest BCUT2D eigenvalue weighted by Gasteiger charge is -2.02. The summed E-state index contributed by atoms with van der Waals surface area (Å²) in [5, 5.41) is 17.3. The number of aryl methyl sites for hydroxylation is 2. The zero-order valence-electron chi connectivity index (χ0n) is 14.9. The SMILES string of the molecule is Cc1ccc(S(=O)(=O)Cl)cc1C(=O)O.Cc1ccccc1C(=O)O.O=S(=O)(O)Cl.[2HH]. The Bertz CT molecular complexity index is 1090. The van der Waals surface area contributed by atoms with Crippen LogP contribution in [0.1, 0.15) is 33.3 Å². The summed E-state index contributed by atoms with van der Waals surface area (Å²) < 4.78 is 46.9. The van der Waals surface area contributed by atoms with Gasteiger partial charge in [-0.05, 0) is 43.2 Å². The molecule has 0 bridgehead atoms. The second kappa shape index (κ2) is 11.1. The van der Waals surface area contributed by atoms with Gasteiger partial charge in [0.2, 0.25) is 0 Å². The molecule has 0 radical (unpaired) electrons. The van der Waals surface area contributed by atoms with Crippen LogP contribution in [-0.2, 0) is 18.4 Å². The van der Waals surface area contributed by atoms with Crippen molar-refractivity contribution in [2.75, 3.05) is 0 Å². The molecule has 2 rings (SSSR count). The zero-order valence-corrected chi connectivity index (χ0v) is 18.0. The molecule has 0 fully saturated rings. The van der Waals surface area contributed by atoms with Crippen molar-refractivity contribution in [1.82, 2.24) is 0 Å². The molecule has 3 N–H and O–H groups in total. The normalized spacial score (nSPS) is 10.7. The van der Waals surface area contributed by atoms with Gasteiger partial charge in [0.25, 0.3) is 9.05 Å². The molecular formula is C16H18Cl2O9S2. The van der Waals surface area contributed by atoms with Crippen LogP contribution in [0, 0.1) is 13.8 Å². The molecule has 29 heavy (non-hydrogen) atoms. The third-order valence-electron chi connectivity index (χ3n) is 3.10. The fourth-order valence-electron chi connectivity index (χ4n) is 1.80. The van der Waals surface area contributed by atoms with Crippen LogP contribution < -0.4 is 0 Å². The molecule has 0 aromatic heterocycles. The quantitative estimate of drug-likeness (QED) is 0.431. The Morgan fingerprint density at radius 1 is 0.828 bits per heavy atom. The Morgan fingerprint density at radius 2 is 1.24 bits per heavy atom. The minimum Gasteiger partial charge on any atom is -0.478 e. The van der Waals surface area contributed by atoms with Gasteiger partial charge in [0.05, 0.1) is 16.0 Å². The molecule has 0 atom stereocenters. The number of halogens is 2. The number of hydrogen-bond donors (Lipinski definition) is 3. The second-order valence-electron chi connectivity index (χ2n) is 5.25. The highest BCUT2D eigenvalue weighted by atomic mass is 35.7. The number of rotatable bonds is 3. The maximum Gasteiger partial charge on any atom is 0.353 e. The fourth-order valence-corrected chi connectivity index (χ4v) is 2.57. The van der Waals surface area contributed by atoms with Crippen molar-refractivity contribution < 1.29 is 42.6 Å². The number of carboxylic acid groups (broad SMARTS) is 2. The van der Waals surface area contributed by atoms with E-state index in [0.29, 0.717) is 11.1 Å². The number of benzene rings is 2. The van der Waals surface area contributed by atoms with Crippen LogP contribution in [0.5, 0.6) is 0 Å². The number of hydrogen-bond acceptors (Lipinski definition) is 6. The minimum atomic E-state index is -4.19. The van der Waals surface area contributed by atoms with Crippen LogP contribution in [0.3, 0.4) is 0 Å². The molecule has 0 aliphatic heterocycles. The van der Waals surface area contributed by atoms with Crippen molar-refractivity contribution in [3.63, 3.8) is 0 Å². The fraction of sp³-hybridized carbons (Fsp3) is 0.125. The van der Waals surface area contributed by atoms with E-state index in [-0.39, 0.29) is 11.9 Å². The molecule has 2 aromatic carbocycles. The van der Waals surface area contributed by atoms with Crippen molar-refractivity contribution in [1.29, 1.82) is 0 Å². The maximum absolute atomic E-state index is 10.9. The first-order valence-corrected chi connectivity index (χ1v) is 11.9. The second-order valence-corrected chi connectivity index (χ2v) is 9.81. The summed E-state index contributed by atoms with van der Waals surface area (Å²) in [5.41, 5.74) is 1.60. The summed E-state index contributed by atoms with van der Waals surface area (Å²) in [5.74, 6) is -2.04. The minimum absolute atomic E-state index is 0. The van der Waals surface area contributed by atoms with Crippen LogP contribution in [0.4, 0.5) is 0 Å². The largest absolute Gasteiger partial charge is 0.478 e. The Hall–Kier alpha value is -2.18. The Kier molecular flexibility index (Phi) is 10.3. The third kappa shape index (κ3) is 11.4. The van der Waals surface area contributed by atoms with Gasteiger partial charge in [-0.15, -0.1) is 0 Å². The van der Waals surface area contributed by atoms with Crippen molar-refractivity contribution in [2.45, 2.75) is 18.7 Å². The van der Waals surface area contributed by atoms with E-state index >= 15 is 0 Å². The Balaban J connectivity index is 0. The molecule has 0 aliphatic carbocycles. The monoisotopic (exact) mass is 489 g/mol. The molecular weight excluding hydrogens is 471 g/mol. The van der Waals surface area contributed by atoms with Gasteiger partial charge >= 0.3 is 21.3 Å². The topological polar surface area (TPSA) is 163 Å². The predicted molar refractivity (Wildman–Crippen MR) is 109 cm³/mol. The van der Waals surface area contributed by atoms with Crippen LogP contribution >= 0.6 is 21.4 Å². The van der Waals surface area contributed by atoms with Gasteiger partial charge in [0, 0.05) is 22.8 Å². The lowest BCUT2D eigenvalue weighted by Crippen LogP contribution is -2.02. The average Bonchev–Trinajstić information content (AvgIpc) is 2.53. The van der Waals surface area contributed by atoms with E-state index < -0.39 is 30.3 Å². The molecule has 2 aromatic rings. The molecule has 0 aliphatic rings. The predicted octanol–water partition coefficient (Wildman–Crippen LogP) is 3.59. The van der Waals surface area contributed by atoms with Gasteiger partial charge in [-0.1, -0.05) is 24.3 Å². The highest BCUT2D eigenvalue weighted by Crippen LogP contribution is 2.18. The van der Waals surface area contributed by atoms with Crippen LogP contribution in [0.2, 0.25) is 0 Å². The van der Waals surface area contributed by atoms with E-state index in [2.05, 4.69) is 10.7 Å².